The Bertz CT molecular complexity index is 457. The Kier molecular flexibility index (Phi) is 5.18. The average molecular weight is 287 g/mol. The van der Waals surface area contributed by atoms with Gasteiger partial charge in [0.2, 0.25) is 0 Å². The van der Waals surface area contributed by atoms with Crippen molar-refractivity contribution in [1.82, 2.24) is 5.32 Å². The van der Waals surface area contributed by atoms with Crippen LogP contribution in [0.25, 0.3) is 0 Å². The summed E-state index contributed by atoms with van der Waals surface area (Å²) >= 11 is 0. The van der Waals surface area contributed by atoms with Gasteiger partial charge in [-0.1, -0.05) is 31.9 Å². The Labute approximate surface area is 129 Å². The largest absolute Gasteiger partial charge is 0.493 e. The highest BCUT2D eigenvalue weighted by Crippen LogP contribution is 2.35. The van der Waals surface area contributed by atoms with E-state index in [1.165, 1.54) is 62.7 Å². The lowest BCUT2D eigenvalue weighted by Crippen LogP contribution is -2.26. The van der Waals surface area contributed by atoms with Crippen LogP contribution >= 0.6 is 0 Å². The molecule has 1 aromatic rings. The minimum Gasteiger partial charge on any atom is -0.493 e. The number of ether oxygens (including phenoxy) is 1. The molecule has 1 aromatic carbocycles. The molecular formula is C19H29NO. The minimum absolute atomic E-state index is 0.868. The summed E-state index contributed by atoms with van der Waals surface area (Å²) in [5.74, 6) is 2.95. The van der Waals surface area contributed by atoms with Crippen LogP contribution in [0.5, 0.6) is 5.75 Å². The van der Waals surface area contributed by atoms with Crippen LogP contribution in [-0.4, -0.2) is 19.7 Å². The zero-order valence-corrected chi connectivity index (χ0v) is 13.4. The van der Waals surface area contributed by atoms with Crippen molar-refractivity contribution in [3.8, 4) is 5.75 Å². The van der Waals surface area contributed by atoms with Crippen LogP contribution in [0.15, 0.2) is 18.2 Å². The molecule has 1 N–H and O–H groups in total. The standard InChI is InChI=1S/C19H29NO/c1-2-11-20-14-18-5-3-4-16(18)8-6-15-7-9-19-17(13-15)10-12-21-19/h7,9,13,16,18,20H,2-6,8,10-12,14H2,1H3. The first-order valence-electron chi connectivity index (χ1n) is 8.82. The lowest BCUT2D eigenvalue weighted by Gasteiger charge is -2.20. The van der Waals surface area contributed by atoms with Crippen molar-refractivity contribution in [2.75, 3.05) is 19.7 Å². The molecule has 1 fully saturated rings. The third kappa shape index (κ3) is 3.79. The molecule has 0 spiro atoms. The first-order valence-corrected chi connectivity index (χ1v) is 8.82. The summed E-state index contributed by atoms with van der Waals surface area (Å²) in [4.78, 5) is 0. The van der Waals surface area contributed by atoms with Gasteiger partial charge in [0.25, 0.3) is 0 Å². The van der Waals surface area contributed by atoms with Gasteiger partial charge in [-0.25, -0.2) is 0 Å². The molecule has 0 bridgehead atoms. The first-order chi connectivity index (χ1) is 10.4. The van der Waals surface area contributed by atoms with Gasteiger partial charge in [-0.15, -0.1) is 0 Å². The van der Waals surface area contributed by atoms with E-state index in [0.29, 0.717) is 0 Å². The fourth-order valence-electron chi connectivity index (χ4n) is 3.97. The molecular weight excluding hydrogens is 258 g/mol. The number of aryl methyl sites for hydroxylation is 1. The van der Waals surface area contributed by atoms with Gasteiger partial charge >= 0.3 is 0 Å². The monoisotopic (exact) mass is 287 g/mol. The summed E-state index contributed by atoms with van der Waals surface area (Å²) in [6.45, 7) is 5.52. The van der Waals surface area contributed by atoms with E-state index in [0.717, 1.165) is 30.6 Å². The molecule has 1 aliphatic heterocycles. The molecule has 0 saturated heterocycles. The molecule has 2 aliphatic rings. The van der Waals surface area contributed by atoms with Crippen molar-refractivity contribution in [1.29, 1.82) is 0 Å². The van der Waals surface area contributed by atoms with Crippen LogP contribution in [0.3, 0.4) is 0 Å². The average Bonchev–Trinajstić information content (AvgIpc) is 3.13. The highest BCUT2D eigenvalue weighted by atomic mass is 16.5. The molecule has 0 aromatic heterocycles. The van der Waals surface area contributed by atoms with Crippen molar-refractivity contribution in [2.45, 2.75) is 51.9 Å². The molecule has 2 unspecified atom stereocenters. The van der Waals surface area contributed by atoms with E-state index in [-0.39, 0.29) is 0 Å². The van der Waals surface area contributed by atoms with Crippen LogP contribution < -0.4 is 10.1 Å². The van der Waals surface area contributed by atoms with E-state index in [9.17, 15) is 0 Å². The predicted octanol–water partition coefficient (Wildman–Crippen LogP) is 3.97. The number of fused-ring (bicyclic) bond motifs is 1. The zero-order chi connectivity index (χ0) is 14.5. The van der Waals surface area contributed by atoms with Gasteiger partial charge in [-0.05, 0) is 67.8 Å². The van der Waals surface area contributed by atoms with E-state index in [2.05, 4.69) is 30.4 Å². The van der Waals surface area contributed by atoms with E-state index < -0.39 is 0 Å². The molecule has 0 amide bonds. The molecule has 1 heterocycles. The van der Waals surface area contributed by atoms with Crippen LogP contribution in [-0.2, 0) is 12.8 Å². The smallest absolute Gasteiger partial charge is 0.122 e. The molecule has 116 valence electrons. The maximum Gasteiger partial charge on any atom is 0.122 e. The van der Waals surface area contributed by atoms with Gasteiger partial charge in [0, 0.05) is 6.42 Å². The molecule has 2 atom stereocenters. The quantitative estimate of drug-likeness (QED) is 0.766. The third-order valence-corrected chi connectivity index (χ3v) is 5.21. The normalized spacial score (nSPS) is 24.0. The van der Waals surface area contributed by atoms with E-state index in [1.807, 2.05) is 0 Å². The lowest BCUT2D eigenvalue weighted by atomic mass is 9.89. The van der Waals surface area contributed by atoms with E-state index >= 15 is 0 Å². The molecule has 2 heteroatoms. The summed E-state index contributed by atoms with van der Waals surface area (Å²) in [6.07, 6.45) is 9.23. The van der Waals surface area contributed by atoms with Gasteiger partial charge in [0.05, 0.1) is 6.61 Å². The highest BCUT2D eigenvalue weighted by Gasteiger charge is 2.26. The summed E-state index contributed by atoms with van der Waals surface area (Å²) in [5, 5.41) is 3.62. The van der Waals surface area contributed by atoms with E-state index in [1.54, 1.807) is 0 Å². The molecule has 21 heavy (non-hydrogen) atoms. The summed E-state index contributed by atoms with van der Waals surface area (Å²) in [7, 11) is 0. The fraction of sp³-hybridized carbons (Fsp3) is 0.684. The van der Waals surface area contributed by atoms with Crippen LogP contribution in [0.2, 0.25) is 0 Å². The second-order valence-corrected chi connectivity index (χ2v) is 6.73. The third-order valence-electron chi connectivity index (χ3n) is 5.21. The number of hydrogen-bond donors (Lipinski definition) is 1. The lowest BCUT2D eigenvalue weighted by molar-refractivity contribution is 0.348. The predicted molar refractivity (Wildman–Crippen MR) is 88.0 cm³/mol. The topological polar surface area (TPSA) is 21.3 Å². The Morgan fingerprint density at radius 1 is 1.24 bits per heavy atom. The molecule has 0 radical (unpaired) electrons. The van der Waals surface area contributed by atoms with Gasteiger partial charge in [0.1, 0.15) is 5.75 Å². The van der Waals surface area contributed by atoms with Crippen molar-refractivity contribution in [2.24, 2.45) is 11.8 Å². The SMILES string of the molecule is CCCNCC1CCCC1CCc1ccc2c(c1)CCO2. The summed E-state index contributed by atoms with van der Waals surface area (Å²) in [6, 6.07) is 6.82. The summed E-state index contributed by atoms with van der Waals surface area (Å²) in [5.41, 5.74) is 2.92. The Morgan fingerprint density at radius 3 is 3.05 bits per heavy atom. The van der Waals surface area contributed by atoms with Crippen molar-refractivity contribution >= 4 is 0 Å². The van der Waals surface area contributed by atoms with Crippen LogP contribution in [0.4, 0.5) is 0 Å². The van der Waals surface area contributed by atoms with Crippen molar-refractivity contribution < 1.29 is 4.74 Å². The van der Waals surface area contributed by atoms with Gasteiger partial charge in [-0.2, -0.15) is 0 Å². The molecule has 1 aliphatic carbocycles. The summed E-state index contributed by atoms with van der Waals surface area (Å²) < 4.78 is 5.60. The zero-order valence-electron chi connectivity index (χ0n) is 13.4. The van der Waals surface area contributed by atoms with Crippen molar-refractivity contribution in [3.63, 3.8) is 0 Å². The molecule has 3 rings (SSSR count). The second-order valence-electron chi connectivity index (χ2n) is 6.73. The Morgan fingerprint density at radius 2 is 2.14 bits per heavy atom. The molecule has 1 saturated carbocycles. The maximum absolute atomic E-state index is 5.60. The van der Waals surface area contributed by atoms with Crippen molar-refractivity contribution in [3.05, 3.63) is 29.3 Å². The number of benzene rings is 1. The Hall–Kier alpha value is -1.02. The first kappa shape index (κ1) is 14.9. The molecule has 2 nitrogen and oxygen atoms in total. The maximum atomic E-state index is 5.60. The van der Waals surface area contributed by atoms with Crippen LogP contribution in [0.1, 0.15) is 50.2 Å². The Balaban J connectivity index is 1.49. The highest BCUT2D eigenvalue weighted by molar-refractivity contribution is 5.39. The van der Waals surface area contributed by atoms with Crippen LogP contribution in [0, 0.1) is 11.8 Å². The number of rotatable bonds is 7. The van der Waals surface area contributed by atoms with Gasteiger partial charge < -0.3 is 10.1 Å². The minimum atomic E-state index is 0.868. The second kappa shape index (κ2) is 7.31. The fourth-order valence-corrected chi connectivity index (χ4v) is 3.97. The van der Waals surface area contributed by atoms with E-state index in [4.69, 9.17) is 4.74 Å². The van der Waals surface area contributed by atoms with Gasteiger partial charge in [0.15, 0.2) is 0 Å². The number of nitrogens with one attached hydrogen (secondary N) is 1. The van der Waals surface area contributed by atoms with Gasteiger partial charge in [-0.3, -0.25) is 0 Å². The number of hydrogen-bond acceptors (Lipinski definition) is 2.